The van der Waals surface area contributed by atoms with Gasteiger partial charge in [-0.25, -0.2) is 9.78 Å². The van der Waals surface area contributed by atoms with E-state index in [4.69, 9.17) is 4.42 Å². The van der Waals surface area contributed by atoms with Crippen molar-refractivity contribution >= 4 is 21.6 Å². The minimum absolute atomic E-state index is 0.304. The molecule has 0 bridgehead atoms. The number of aryl methyl sites for hydroxylation is 1. The number of aromatic nitrogens is 1. The van der Waals surface area contributed by atoms with Gasteiger partial charge in [0.05, 0.1) is 0 Å². The van der Waals surface area contributed by atoms with E-state index in [2.05, 4.69) is 29.2 Å². The summed E-state index contributed by atoms with van der Waals surface area (Å²) in [6, 6.07) is 20.3. The molecule has 0 saturated heterocycles. The van der Waals surface area contributed by atoms with Crippen LogP contribution < -0.4 is 5.63 Å². The fourth-order valence-corrected chi connectivity index (χ4v) is 4.11. The van der Waals surface area contributed by atoms with Gasteiger partial charge in [0.2, 0.25) is 0 Å². The molecule has 0 saturated carbocycles. The standard InChI is InChI=1S/C20H15NO2S/c1-13-21-19-17(20(22)23-13)16(12-14-8-4-2-5-9-14)18(24-19)15-10-6-3-7-11-15/h2-11H,12H2,1H3. The Labute approximate surface area is 143 Å². The third-order valence-electron chi connectivity index (χ3n) is 3.95. The molecule has 4 heteroatoms. The van der Waals surface area contributed by atoms with Crippen molar-refractivity contribution in [3.63, 3.8) is 0 Å². The molecule has 0 atom stereocenters. The van der Waals surface area contributed by atoms with E-state index in [9.17, 15) is 4.79 Å². The van der Waals surface area contributed by atoms with E-state index in [-0.39, 0.29) is 5.63 Å². The molecule has 0 aliphatic rings. The number of fused-ring (bicyclic) bond motifs is 1. The Kier molecular flexibility index (Phi) is 3.75. The van der Waals surface area contributed by atoms with Crippen molar-refractivity contribution in [2.45, 2.75) is 13.3 Å². The highest BCUT2D eigenvalue weighted by Crippen LogP contribution is 2.37. The lowest BCUT2D eigenvalue weighted by molar-refractivity contribution is 0.467. The smallest absolute Gasteiger partial charge is 0.348 e. The normalized spacial score (nSPS) is 11.0. The quantitative estimate of drug-likeness (QED) is 0.540. The van der Waals surface area contributed by atoms with Crippen molar-refractivity contribution in [1.82, 2.24) is 4.98 Å². The van der Waals surface area contributed by atoms with Crippen LogP contribution in [-0.2, 0) is 6.42 Å². The summed E-state index contributed by atoms with van der Waals surface area (Å²) in [5.41, 5.74) is 2.95. The predicted molar refractivity (Wildman–Crippen MR) is 97.6 cm³/mol. The van der Waals surface area contributed by atoms with Gasteiger partial charge < -0.3 is 4.42 Å². The molecule has 24 heavy (non-hydrogen) atoms. The zero-order valence-electron chi connectivity index (χ0n) is 13.2. The van der Waals surface area contributed by atoms with E-state index in [0.717, 1.165) is 26.4 Å². The van der Waals surface area contributed by atoms with E-state index in [1.807, 2.05) is 36.4 Å². The third-order valence-corrected chi connectivity index (χ3v) is 5.13. The Balaban J connectivity index is 1.99. The minimum Gasteiger partial charge on any atom is -0.408 e. The van der Waals surface area contributed by atoms with Crippen LogP contribution in [0.3, 0.4) is 0 Å². The number of benzene rings is 2. The number of rotatable bonds is 3. The average molecular weight is 333 g/mol. The summed E-state index contributed by atoms with van der Waals surface area (Å²) in [4.78, 5) is 18.7. The van der Waals surface area contributed by atoms with E-state index in [0.29, 0.717) is 17.7 Å². The van der Waals surface area contributed by atoms with Crippen LogP contribution >= 0.6 is 11.3 Å². The zero-order valence-corrected chi connectivity index (χ0v) is 14.0. The predicted octanol–water partition coefficient (Wildman–Crippen LogP) is 4.82. The van der Waals surface area contributed by atoms with Crippen LogP contribution in [0.15, 0.2) is 69.9 Å². The van der Waals surface area contributed by atoms with Crippen LogP contribution in [0.25, 0.3) is 20.7 Å². The molecule has 2 aromatic heterocycles. The Hall–Kier alpha value is -2.72. The second-order valence-electron chi connectivity index (χ2n) is 5.64. The van der Waals surface area contributed by atoms with Crippen molar-refractivity contribution in [2.75, 3.05) is 0 Å². The van der Waals surface area contributed by atoms with Crippen molar-refractivity contribution in [2.24, 2.45) is 0 Å². The molecule has 0 amide bonds. The largest absolute Gasteiger partial charge is 0.408 e. The number of hydrogen-bond acceptors (Lipinski definition) is 4. The highest BCUT2D eigenvalue weighted by Gasteiger charge is 2.19. The first kappa shape index (κ1) is 14.8. The number of nitrogens with zero attached hydrogens (tertiary/aromatic N) is 1. The number of hydrogen-bond donors (Lipinski definition) is 0. The average Bonchev–Trinajstić information content (AvgIpc) is 2.95. The molecule has 0 spiro atoms. The second-order valence-corrected chi connectivity index (χ2v) is 6.64. The maximum atomic E-state index is 12.5. The third kappa shape index (κ3) is 2.65. The lowest BCUT2D eigenvalue weighted by Gasteiger charge is -2.05. The summed E-state index contributed by atoms with van der Waals surface area (Å²) in [7, 11) is 0. The van der Waals surface area contributed by atoms with Gasteiger partial charge in [-0.1, -0.05) is 60.7 Å². The van der Waals surface area contributed by atoms with Gasteiger partial charge in [-0.3, -0.25) is 0 Å². The molecule has 4 aromatic rings. The Morgan fingerprint density at radius 1 is 1.00 bits per heavy atom. The van der Waals surface area contributed by atoms with Gasteiger partial charge in [-0.05, 0) is 23.1 Å². The summed E-state index contributed by atoms with van der Waals surface area (Å²) in [6.45, 7) is 1.71. The maximum absolute atomic E-state index is 12.5. The molecule has 0 radical (unpaired) electrons. The monoisotopic (exact) mass is 333 g/mol. The van der Waals surface area contributed by atoms with Gasteiger partial charge in [0, 0.05) is 11.8 Å². The summed E-state index contributed by atoms with van der Waals surface area (Å²) >= 11 is 1.55. The van der Waals surface area contributed by atoms with Crippen LogP contribution in [0.2, 0.25) is 0 Å². The van der Waals surface area contributed by atoms with E-state index in [1.54, 1.807) is 18.3 Å². The van der Waals surface area contributed by atoms with Crippen LogP contribution in [0.4, 0.5) is 0 Å². The highest BCUT2D eigenvalue weighted by atomic mass is 32.1. The Morgan fingerprint density at radius 2 is 1.67 bits per heavy atom. The molecule has 0 N–H and O–H groups in total. The molecule has 3 nitrogen and oxygen atoms in total. The minimum atomic E-state index is -0.304. The van der Waals surface area contributed by atoms with E-state index in [1.165, 1.54) is 0 Å². The SMILES string of the molecule is Cc1nc2sc(-c3ccccc3)c(Cc3ccccc3)c2c(=O)o1. The van der Waals surface area contributed by atoms with Crippen molar-refractivity contribution in [3.05, 3.63) is 88.1 Å². The van der Waals surface area contributed by atoms with Crippen molar-refractivity contribution in [3.8, 4) is 10.4 Å². The first-order valence-electron chi connectivity index (χ1n) is 7.75. The fraction of sp³-hybridized carbons (Fsp3) is 0.100. The second kappa shape index (κ2) is 6.06. The molecule has 0 aliphatic heterocycles. The van der Waals surface area contributed by atoms with Gasteiger partial charge >= 0.3 is 5.63 Å². The zero-order chi connectivity index (χ0) is 16.5. The van der Waals surface area contributed by atoms with Crippen LogP contribution in [0.1, 0.15) is 17.0 Å². The van der Waals surface area contributed by atoms with E-state index < -0.39 is 0 Å². The topological polar surface area (TPSA) is 43.1 Å². The van der Waals surface area contributed by atoms with Crippen LogP contribution in [0.5, 0.6) is 0 Å². The Bertz CT molecular complexity index is 1050. The first-order valence-corrected chi connectivity index (χ1v) is 8.56. The first-order chi connectivity index (χ1) is 11.7. The lowest BCUT2D eigenvalue weighted by Crippen LogP contribution is -2.04. The number of thiophene rings is 1. The molecule has 2 heterocycles. The van der Waals surface area contributed by atoms with Gasteiger partial charge in [-0.15, -0.1) is 11.3 Å². The molecule has 2 aromatic carbocycles. The maximum Gasteiger partial charge on any atom is 0.348 e. The van der Waals surface area contributed by atoms with Gasteiger partial charge in [0.25, 0.3) is 0 Å². The van der Waals surface area contributed by atoms with Gasteiger partial charge in [-0.2, -0.15) is 0 Å². The van der Waals surface area contributed by atoms with Crippen LogP contribution in [-0.4, -0.2) is 4.98 Å². The lowest BCUT2D eigenvalue weighted by atomic mass is 10.0. The molecule has 4 rings (SSSR count). The highest BCUT2D eigenvalue weighted by molar-refractivity contribution is 7.22. The molecular weight excluding hydrogens is 318 g/mol. The van der Waals surface area contributed by atoms with Gasteiger partial charge in [0.1, 0.15) is 10.2 Å². The van der Waals surface area contributed by atoms with Crippen LogP contribution in [0, 0.1) is 6.92 Å². The van der Waals surface area contributed by atoms with Gasteiger partial charge in [0.15, 0.2) is 5.89 Å². The Morgan fingerprint density at radius 3 is 2.38 bits per heavy atom. The molecular formula is C20H15NO2S. The molecule has 118 valence electrons. The summed E-state index contributed by atoms with van der Waals surface area (Å²) in [5, 5.41) is 0.605. The summed E-state index contributed by atoms with van der Waals surface area (Å²) in [5.74, 6) is 0.402. The summed E-state index contributed by atoms with van der Waals surface area (Å²) in [6.07, 6.45) is 0.681. The molecule has 0 fully saturated rings. The molecule has 0 unspecified atom stereocenters. The van der Waals surface area contributed by atoms with E-state index >= 15 is 0 Å². The van der Waals surface area contributed by atoms with Crippen molar-refractivity contribution < 1.29 is 4.42 Å². The van der Waals surface area contributed by atoms with Crippen molar-refractivity contribution in [1.29, 1.82) is 0 Å². The fourth-order valence-electron chi connectivity index (χ4n) is 2.88. The molecule has 0 aliphatic carbocycles. The summed E-state index contributed by atoms with van der Waals surface area (Å²) < 4.78 is 5.26.